The average molecular weight is 277 g/mol. The van der Waals surface area contributed by atoms with Crippen molar-refractivity contribution in [1.82, 2.24) is 9.97 Å². The Kier molecular flexibility index (Phi) is 3.41. The summed E-state index contributed by atoms with van der Waals surface area (Å²) < 4.78 is 0.809. The number of hydrogen-bond donors (Lipinski definition) is 0. The van der Waals surface area contributed by atoms with Crippen molar-refractivity contribution in [1.29, 1.82) is 0 Å². The first kappa shape index (κ1) is 11.0. The molecule has 0 fully saturated rings. The van der Waals surface area contributed by atoms with E-state index >= 15 is 0 Å². The molecule has 0 spiro atoms. The zero-order chi connectivity index (χ0) is 11.4. The maximum Gasteiger partial charge on any atom is 0.170 e. The molecule has 0 bridgehead atoms. The maximum absolute atomic E-state index is 11.9. The van der Waals surface area contributed by atoms with E-state index in [1.54, 1.807) is 24.7 Å². The molecule has 0 unspecified atom stereocenters. The van der Waals surface area contributed by atoms with E-state index in [9.17, 15) is 4.79 Å². The smallest absolute Gasteiger partial charge is 0.170 e. The molecule has 0 saturated heterocycles. The number of aromatic nitrogens is 2. The van der Waals surface area contributed by atoms with Crippen LogP contribution in [0.15, 0.2) is 47.3 Å². The van der Waals surface area contributed by atoms with Gasteiger partial charge in [-0.2, -0.15) is 0 Å². The number of halogens is 1. The van der Waals surface area contributed by atoms with Gasteiger partial charge in [0.05, 0.1) is 12.1 Å². The molecule has 0 radical (unpaired) electrons. The average Bonchev–Trinajstić information content (AvgIpc) is 2.31. The monoisotopic (exact) mass is 276 g/mol. The van der Waals surface area contributed by atoms with Crippen molar-refractivity contribution in [2.45, 2.75) is 6.42 Å². The summed E-state index contributed by atoms with van der Waals surface area (Å²) in [6.07, 6.45) is 5.06. The van der Waals surface area contributed by atoms with Crippen LogP contribution in [0.1, 0.15) is 16.1 Å². The lowest BCUT2D eigenvalue weighted by atomic mass is 10.1. The highest BCUT2D eigenvalue weighted by Crippen LogP contribution is 2.17. The summed E-state index contributed by atoms with van der Waals surface area (Å²) >= 11 is 3.35. The molecule has 0 saturated carbocycles. The zero-order valence-corrected chi connectivity index (χ0v) is 10.0. The number of nitrogens with zero attached hydrogens (tertiary/aromatic N) is 2. The summed E-state index contributed by atoms with van der Waals surface area (Å²) in [7, 11) is 0. The van der Waals surface area contributed by atoms with Crippen molar-refractivity contribution >= 4 is 21.7 Å². The molecule has 1 aromatic heterocycles. The third-order valence-electron chi connectivity index (χ3n) is 2.13. The summed E-state index contributed by atoms with van der Waals surface area (Å²) in [5, 5.41) is 0. The van der Waals surface area contributed by atoms with Gasteiger partial charge in [-0.3, -0.25) is 14.8 Å². The molecule has 2 rings (SSSR count). The van der Waals surface area contributed by atoms with Crippen molar-refractivity contribution in [3.8, 4) is 0 Å². The molecule has 16 heavy (non-hydrogen) atoms. The molecule has 0 N–H and O–H groups in total. The first-order chi connectivity index (χ1) is 7.77. The second-order valence-corrected chi connectivity index (χ2v) is 4.13. The van der Waals surface area contributed by atoms with Gasteiger partial charge in [0.2, 0.25) is 0 Å². The largest absolute Gasteiger partial charge is 0.294 e. The van der Waals surface area contributed by atoms with Gasteiger partial charge < -0.3 is 0 Å². The molecular weight excluding hydrogens is 268 g/mol. The van der Waals surface area contributed by atoms with Crippen molar-refractivity contribution in [3.63, 3.8) is 0 Å². The Morgan fingerprint density at radius 3 is 2.75 bits per heavy atom. The van der Waals surface area contributed by atoms with Gasteiger partial charge in [0.15, 0.2) is 5.78 Å². The molecule has 1 heterocycles. The topological polar surface area (TPSA) is 42.9 Å². The van der Waals surface area contributed by atoms with Crippen molar-refractivity contribution in [2.75, 3.05) is 0 Å². The van der Waals surface area contributed by atoms with Crippen molar-refractivity contribution in [3.05, 3.63) is 58.6 Å². The molecule has 2 aromatic rings. The lowest BCUT2D eigenvalue weighted by Gasteiger charge is -2.02. The first-order valence-electron chi connectivity index (χ1n) is 4.80. The highest BCUT2D eigenvalue weighted by molar-refractivity contribution is 9.10. The molecule has 0 aliphatic heterocycles. The van der Waals surface area contributed by atoms with Crippen LogP contribution in [-0.4, -0.2) is 15.8 Å². The lowest BCUT2D eigenvalue weighted by Crippen LogP contribution is -2.05. The van der Waals surface area contributed by atoms with Crippen LogP contribution in [0.5, 0.6) is 0 Å². The van der Waals surface area contributed by atoms with Crippen LogP contribution in [0.2, 0.25) is 0 Å². The van der Waals surface area contributed by atoms with E-state index in [1.807, 2.05) is 18.2 Å². The zero-order valence-electron chi connectivity index (χ0n) is 8.43. The molecule has 80 valence electrons. The fraction of sp³-hybridized carbons (Fsp3) is 0.0833. The molecule has 0 aliphatic rings. The van der Waals surface area contributed by atoms with Crippen LogP contribution in [-0.2, 0) is 6.42 Å². The Labute approximate surface area is 102 Å². The number of carbonyl (C=O) groups is 1. The van der Waals surface area contributed by atoms with Crippen molar-refractivity contribution in [2.24, 2.45) is 0 Å². The summed E-state index contributed by atoms with van der Waals surface area (Å²) in [5.74, 6) is 0.0352. The van der Waals surface area contributed by atoms with Gasteiger partial charge >= 0.3 is 0 Å². The Bertz CT molecular complexity index is 499. The van der Waals surface area contributed by atoms with E-state index in [4.69, 9.17) is 0 Å². The third-order valence-corrected chi connectivity index (χ3v) is 2.82. The van der Waals surface area contributed by atoms with Crippen molar-refractivity contribution < 1.29 is 4.79 Å². The molecule has 0 aliphatic carbocycles. The predicted molar refractivity (Wildman–Crippen MR) is 64.2 cm³/mol. The SMILES string of the molecule is O=C(Cc1cnccn1)c1ccccc1Br. The normalized spacial score (nSPS) is 10.1. The quantitative estimate of drug-likeness (QED) is 0.810. The second kappa shape index (κ2) is 4.99. The van der Waals surface area contributed by atoms with Crippen LogP contribution in [0.3, 0.4) is 0 Å². The minimum Gasteiger partial charge on any atom is -0.294 e. The number of benzene rings is 1. The summed E-state index contributed by atoms with van der Waals surface area (Å²) in [6.45, 7) is 0. The number of carbonyl (C=O) groups excluding carboxylic acids is 1. The van der Waals surface area contributed by atoms with Gasteiger partial charge in [-0.25, -0.2) is 0 Å². The fourth-order valence-corrected chi connectivity index (χ4v) is 1.87. The van der Waals surface area contributed by atoms with E-state index in [0.717, 1.165) is 4.47 Å². The molecule has 1 aromatic carbocycles. The molecule has 0 atom stereocenters. The lowest BCUT2D eigenvalue weighted by molar-refractivity contribution is 0.0991. The highest BCUT2D eigenvalue weighted by atomic mass is 79.9. The van der Waals surface area contributed by atoms with E-state index in [0.29, 0.717) is 11.3 Å². The van der Waals surface area contributed by atoms with E-state index < -0.39 is 0 Å². The molecule has 4 heteroatoms. The Hall–Kier alpha value is -1.55. The maximum atomic E-state index is 11.9. The summed E-state index contributed by atoms with van der Waals surface area (Å²) in [5.41, 5.74) is 1.36. The van der Waals surface area contributed by atoms with Gasteiger partial charge in [0.1, 0.15) is 0 Å². The molecule has 3 nitrogen and oxygen atoms in total. The van der Waals surface area contributed by atoms with Gasteiger partial charge in [-0.1, -0.05) is 34.1 Å². The van der Waals surface area contributed by atoms with Crippen LogP contribution in [0.25, 0.3) is 0 Å². The van der Waals surface area contributed by atoms with Gasteiger partial charge in [0, 0.05) is 28.6 Å². The van der Waals surface area contributed by atoms with Crippen LogP contribution < -0.4 is 0 Å². The minimum absolute atomic E-state index is 0.0352. The highest BCUT2D eigenvalue weighted by Gasteiger charge is 2.10. The standard InChI is InChI=1S/C12H9BrN2O/c13-11-4-2-1-3-10(11)12(16)7-9-8-14-5-6-15-9/h1-6,8H,7H2. The van der Waals surface area contributed by atoms with E-state index in [-0.39, 0.29) is 12.2 Å². The van der Waals surface area contributed by atoms with Crippen LogP contribution in [0, 0.1) is 0 Å². The van der Waals surface area contributed by atoms with E-state index in [1.165, 1.54) is 0 Å². The summed E-state index contributed by atoms with van der Waals surface area (Å²) in [6, 6.07) is 7.37. The second-order valence-electron chi connectivity index (χ2n) is 3.28. The first-order valence-corrected chi connectivity index (χ1v) is 5.59. The minimum atomic E-state index is 0.0352. The number of hydrogen-bond acceptors (Lipinski definition) is 3. The fourth-order valence-electron chi connectivity index (χ4n) is 1.37. The predicted octanol–water partition coefficient (Wildman–Crippen LogP) is 2.66. The number of rotatable bonds is 3. The van der Waals surface area contributed by atoms with Crippen LogP contribution in [0.4, 0.5) is 0 Å². The Morgan fingerprint density at radius 2 is 2.06 bits per heavy atom. The van der Waals surface area contributed by atoms with Gasteiger partial charge in [-0.05, 0) is 6.07 Å². The Balaban J connectivity index is 2.19. The number of ketones is 1. The van der Waals surface area contributed by atoms with E-state index in [2.05, 4.69) is 25.9 Å². The summed E-state index contributed by atoms with van der Waals surface area (Å²) in [4.78, 5) is 19.9. The van der Waals surface area contributed by atoms with Gasteiger partial charge in [0.25, 0.3) is 0 Å². The van der Waals surface area contributed by atoms with Crippen LogP contribution >= 0.6 is 15.9 Å². The Morgan fingerprint density at radius 1 is 1.25 bits per heavy atom. The molecular formula is C12H9BrN2O. The van der Waals surface area contributed by atoms with Gasteiger partial charge in [-0.15, -0.1) is 0 Å². The third kappa shape index (κ3) is 2.52. The number of Topliss-reactive ketones (excluding diaryl/α,β-unsaturated/α-hetero) is 1. The molecule has 0 amide bonds.